The van der Waals surface area contributed by atoms with Gasteiger partial charge in [0.15, 0.2) is 0 Å². The van der Waals surface area contributed by atoms with E-state index < -0.39 is 18.2 Å². The molecular formula is C35H36N6O5S. The number of hydrazine groups is 1. The summed E-state index contributed by atoms with van der Waals surface area (Å²) in [6, 6.07) is 20.5. The van der Waals surface area contributed by atoms with Crippen molar-refractivity contribution in [3.05, 3.63) is 108 Å². The van der Waals surface area contributed by atoms with Crippen LogP contribution in [0.15, 0.2) is 90.8 Å². The summed E-state index contributed by atoms with van der Waals surface area (Å²) in [6.07, 6.45) is 1.06. The molecule has 3 heterocycles. The van der Waals surface area contributed by atoms with Gasteiger partial charge >= 0.3 is 6.03 Å². The van der Waals surface area contributed by atoms with E-state index in [1.54, 1.807) is 61.5 Å². The normalized spacial score (nSPS) is 18.3. The fourth-order valence-electron chi connectivity index (χ4n) is 6.24. The number of urea groups is 1. The van der Waals surface area contributed by atoms with Crippen LogP contribution < -0.4 is 10.6 Å². The molecule has 3 N–H and O–H groups in total. The molecular weight excluding hydrogens is 616 g/mol. The minimum Gasteiger partial charge on any atom is -0.508 e. The van der Waals surface area contributed by atoms with Gasteiger partial charge < -0.3 is 25.5 Å². The molecule has 2 fully saturated rings. The highest BCUT2D eigenvalue weighted by Gasteiger charge is 2.51. The second-order valence-electron chi connectivity index (χ2n) is 11.7. The maximum absolute atomic E-state index is 14.3. The number of piperazine rings is 1. The monoisotopic (exact) mass is 652 g/mol. The molecule has 0 radical (unpaired) electrons. The first-order valence-electron chi connectivity index (χ1n) is 15.3. The van der Waals surface area contributed by atoms with Gasteiger partial charge in [-0.1, -0.05) is 48.5 Å². The van der Waals surface area contributed by atoms with Crippen LogP contribution in [0.5, 0.6) is 5.75 Å². The van der Waals surface area contributed by atoms with Crippen LogP contribution in [0, 0.1) is 0 Å². The Morgan fingerprint density at radius 3 is 2.53 bits per heavy atom. The van der Waals surface area contributed by atoms with Gasteiger partial charge in [-0.3, -0.25) is 14.4 Å². The molecule has 5 amide bonds. The molecule has 242 valence electrons. The van der Waals surface area contributed by atoms with Gasteiger partial charge in [0.05, 0.1) is 13.1 Å². The summed E-state index contributed by atoms with van der Waals surface area (Å²) in [7, 11) is 0. The number of carbonyl (C=O) groups is 4. The Hall–Kier alpha value is -5.20. The van der Waals surface area contributed by atoms with Crippen molar-refractivity contribution in [1.29, 1.82) is 0 Å². The lowest BCUT2D eigenvalue weighted by atomic mass is 9.98. The van der Waals surface area contributed by atoms with Crippen LogP contribution in [-0.2, 0) is 33.9 Å². The van der Waals surface area contributed by atoms with Crippen molar-refractivity contribution in [2.45, 2.75) is 38.6 Å². The maximum Gasteiger partial charge on any atom is 0.334 e. The second kappa shape index (κ2) is 13.7. The Kier molecular flexibility index (Phi) is 9.23. The SMILES string of the molecule is C=CCN1CC(=O)N2[C@@H](Cc3ccc(O)cc3)C(=O)N(Cc3csc4ccc(NC(C)=O)cc34)C[C@@H]2N1C(=O)NCc1ccccc1. The molecule has 0 bridgehead atoms. The number of nitrogens with zero attached hydrogens (tertiary/aromatic N) is 4. The number of carbonyl (C=O) groups excluding carboxylic acids is 4. The van der Waals surface area contributed by atoms with Crippen molar-refractivity contribution in [2.24, 2.45) is 0 Å². The molecule has 2 atom stereocenters. The summed E-state index contributed by atoms with van der Waals surface area (Å²) >= 11 is 1.54. The van der Waals surface area contributed by atoms with Gasteiger partial charge in [-0.25, -0.2) is 14.8 Å². The Balaban J connectivity index is 1.36. The van der Waals surface area contributed by atoms with Gasteiger partial charge in [0.2, 0.25) is 17.7 Å². The van der Waals surface area contributed by atoms with E-state index in [0.29, 0.717) is 5.69 Å². The number of aromatic hydroxyl groups is 1. The molecule has 4 aromatic rings. The number of hydrogen-bond acceptors (Lipinski definition) is 7. The Morgan fingerprint density at radius 2 is 1.81 bits per heavy atom. The third kappa shape index (κ3) is 6.83. The standard InChI is InChI=1S/C35H36N6O5S/c1-3-15-39-21-33(44)40-30(16-24-9-12-28(43)13-10-24)34(45)38(19-26-22-47-31-14-11-27(17-29(26)31)37-23(2)42)20-32(40)41(39)35(46)36-18-25-7-5-4-6-8-25/h3-14,17,22,30,32,43H,1,15-16,18-21H2,2H3,(H,36,46)(H,37,42)/t30-,32-/m0/s1. The molecule has 0 saturated carbocycles. The summed E-state index contributed by atoms with van der Waals surface area (Å²) in [5, 5.41) is 21.8. The first-order chi connectivity index (χ1) is 22.7. The van der Waals surface area contributed by atoms with Crippen LogP contribution in [0.3, 0.4) is 0 Å². The van der Waals surface area contributed by atoms with Gasteiger partial charge in [-0.2, -0.15) is 0 Å². The number of nitrogens with one attached hydrogen (secondary N) is 2. The lowest BCUT2D eigenvalue weighted by molar-refractivity contribution is -0.189. The highest BCUT2D eigenvalue weighted by molar-refractivity contribution is 7.17. The van der Waals surface area contributed by atoms with Crippen LogP contribution in [-0.4, -0.2) is 80.5 Å². The van der Waals surface area contributed by atoms with E-state index in [-0.39, 0.29) is 62.6 Å². The first-order valence-corrected chi connectivity index (χ1v) is 16.2. The molecule has 0 unspecified atom stereocenters. The molecule has 2 saturated heterocycles. The zero-order valence-corrected chi connectivity index (χ0v) is 26.8. The summed E-state index contributed by atoms with van der Waals surface area (Å²) in [4.78, 5) is 57.1. The zero-order chi connectivity index (χ0) is 33.1. The number of phenolic OH excluding ortho intramolecular Hbond substituents is 1. The molecule has 0 spiro atoms. The lowest BCUT2D eigenvalue weighted by Crippen LogP contribution is -2.76. The minimum atomic E-state index is -0.888. The number of phenols is 1. The van der Waals surface area contributed by atoms with E-state index in [1.165, 1.54) is 6.92 Å². The predicted molar refractivity (Wildman–Crippen MR) is 180 cm³/mol. The number of fused-ring (bicyclic) bond motifs is 2. The topological polar surface area (TPSA) is 126 Å². The molecule has 3 aromatic carbocycles. The van der Waals surface area contributed by atoms with Crippen molar-refractivity contribution in [2.75, 3.05) is 25.0 Å². The van der Waals surface area contributed by atoms with Crippen molar-refractivity contribution < 1.29 is 24.3 Å². The minimum absolute atomic E-state index is 0.0891. The molecule has 0 aliphatic carbocycles. The van der Waals surface area contributed by atoms with E-state index in [9.17, 15) is 24.3 Å². The second-order valence-corrected chi connectivity index (χ2v) is 12.6. The molecule has 6 rings (SSSR count). The Labute approximate surface area is 276 Å². The molecule has 11 nitrogen and oxygen atoms in total. The number of rotatable bonds is 9. The van der Waals surface area contributed by atoms with Gasteiger partial charge in [0.1, 0.15) is 18.0 Å². The number of hydrogen-bond donors (Lipinski definition) is 3. The number of anilines is 1. The maximum atomic E-state index is 14.3. The molecule has 12 heteroatoms. The smallest absolute Gasteiger partial charge is 0.334 e. The van der Waals surface area contributed by atoms with Crippen LogP contribution in [0.4, 0.5) is 10.5 Å². The average molecular weight is 653 g/mol. The largest absolute Gasteiger partial charge is 0.508 e. The summed E-state index contributed by atoms with van der Waals surface area (Å²) in [6.45, 7) is 6.08. The van der Waals surface area contributed by atoms with Crippen LogP contribution in [0.1, 0.15) is 23.6 Å². The van der Waals surface area contributed by atoms with Crippen LogP contribution in [0.2, 0.25) is 0 Å². The quantitative estimate of drug-likeness (QED) is 0.232. The van der Waals surface area contributed by atoms with Gasteiger partial charge in [-0.15, -0.1) is 17.9 Å². The Bertz CT molecular complexity index is 1810. The lowest BCUT2D eigenvalue weighted by Gasteiger charge is -2.55. The molecule has 2 aliphatic rings. The summed E-state index contributed by atoms with van der Waals surface area (Å²) < 4.78 is 1.01. The van der Waals surface area contributed by atoms with E-state index in [0.717, 1.165) is 26.8 Å². The Morgan fingerprint density at radius 1 is 1.04 bits per heavy atom. The number of benzene rings is 3. The predicted octanol–water partition coefficient (Wildman–Crippen LogP) is 4.30. The fourth-order valence-corrected chi connectivity index (χ4v) is 7.18. The zero-order valence-electron chi connectivity index (χ0n) is 26.0. The third-order valence-electron chi connectivity index (χ3n) is 8.37. The molecule has 1 aromatic heterocycles. The van der Waals surface area contributed by atoms with Gasteiger partial charge in [0.25, 0.3) is 0 Å². The van der Waals surface area contributed by atoms with E-state index in [1.807, 2.05) is 53.9 Å². The van der Waals surface area contributed by atoms with Crippen LogP contribution in [0.25, 0.3) is 10.1 Å². The summed E-state index contributed by atoms with van der Waals surface area (Å²) in [5.74, 6) is -0.578. The van der Waals surface area contributed by atoms with Gasteiger partial charge in [-0.05, 0) is 57.8 Å². The highest BCUT2D eigenvalue weighted by atomic mass is 32.1. The van der Waals surface area contributed by atoms with Crippen molar-refractivity contribution in [3.63, 3.8) is 0 Å². The highest BCUT2D eigenvalue weighted by Crippen LogP contribution is 2.33. The average Bonchev–Trinajstić information content (AvgIpc) is 3.45. The number of thiophene rings is 1. The third-order valence-corrected chi connectivity index (χ3v) is 9.38. The molecule has 47 heavy (non-hydrogen) atoms. The molecule has 2 aliphatic heterocycles. The van der Waals surface area contributed by atoms with Crippen molar-refractivity contribution in [3.8, 4) is 5.75 Å². The summed E-state index contributed by atoms with van der Waals surface area (Å²) in [5.41, 5.74) is 3.25. The van der Waals surface area contributed by atoms with Crippen LogP contribution >= 0.6 is 11.3 Å². The fraction of sp³-hybridized carbons (Fsp3) is 0.257. The number of amides is 5. The van der Waals surface area contributed by atoms with E-state index in [2.05, 4.69) is 17.2 Å². The van der Waals surface area contributed by atoms with E-state index >= 15 is 0 Å². The van der Waals surface area contributed by atoms with Crippen molar-refractivity contribution in [1.82, 2.24) is 25.1 Å². The van der Waals surface area contributed by atoms with Crippen molar-refractivity contribution >= 4 is 50.9 Å². The first kappa shape index (κ1) is 31.8. The van der Waals surface area contributed by atoms with Gasteiger partial charge in [0, 0.05) is 43.4 Å². The van der Waals surface area contributed by atoms with E-state index in [4.69, 9.17) is 0 Å².